The Morgan fingerprint density at radius 1 is 1.47 bits per heavy atom. The van der Waals surface area contributed by atoms with Crippen LogP contribution in [0.5, 0.6) is 0 Å². The van der Waals surface area contributed by atoms with E-state index in [1.165, 1.54) is 0 Å². The van der Waals surface area contributed by atoms with Crippen molar-refractivity contribution in [2.24, 2.45) is 5.73 Å². The van der Waals surface area contributed by atoms with Gasteiger partial charge in [-0.1, -0.05) is 19.1 Å². The second kappa shape index (κ2) is 6.60. The minimum atomic E-state index is -3.21. The fourth-order valence-corrected chi connectivity index (χ4v) is 2.26. The number of rotatable bonds is 4. The molecule has 0 bridgehead atoms. The van der Waals surface area contributed by atoms with E-state index in [9.17, 15) is 8.42 Å². The van der Waals surface area contributed by atoms with E-state index in [-0.39, 0.29) is 29.5 Å². The molecule has 0 aliphatic carbocycles. The molecule has 0 unspecified atom stereocenters. The van der Waals surface area contributed by atoms with Gasteiger partial charge in [0.25, 0.3) is 0 Å². The third-order valence-electron chi connectivity index (χ3n) is 2.34. The van der Waals surface area contributed by atoms with E-state index < -0.39 is 15.9 Å². The molecule has 0 spiro atoms. The van der Waals surface area contributed by atoms with Crippen molar-refractivity contribution in [2.75, 3.05) is 5.75 Å². The van der Waals surface area contributed by atoms with Crippen molar-refractivity contribution in [3.63, 3.8) is 0 Å². The monoisotopic (exact) mass is 274 g/mol. The molecule has 0 aliphatic rings. The first-order chi connectivity index (χ1) is 7.51. The Morgan fingerprint density at radius 2 is 2.12 bits per heavy atom. The fourth-order valence-electron chi connectivity index (χ4n) is 1.32. The van der Waals surface area contributed by atoms with Gasteiger partial charge >= 0.3 is 0 Å². The summed E-state index contributed by atoms with van der Waals surface area (Å²) in [5.74, 6) is 0.0595. The third kappa shape index (κ3) is 4.00. The summed E-state index contributed by atoms with van der Waals surface area (Å²) < 4.78 is 23.3. The van der Waals surface area contributed by atoms with E-state index in [2.05, 4.69) is 0 Å². The van der Waals surface area contributed by atoms with E-state index >= 15 is 0 Å². The van der Waals surface area contributed by atoms with Gasteiger partial charge in [0.05, 0.1) is 23.1 Å². The van der Waals surface area contributed by atoms with Crippen LogP contribution in [0.25, 0.3) is 0 Å². The molecule has 94 valence electrons. The first-order valence-electron chi connectivity index (χ1n) is 4.96. The van der Waals surface area contributed by atoms with Crippen LogP contribution in [0, 0.1) is 11.3 Å². The summed E-state index contributed by atoms with van der Waals surface area (Å²) in [4.78, 5) is 0.265. The molecular formula is C11H15ClN2O2S. The van der Waals surface area contributed by atoms with Gasteiger partial charge in [0.15, 0.2) is 9.84 Å². The number of hydrogen-bond acceptors (Lipinski definition) is 4. The molecule has 1 aromatic rings. The van der Waals surface area contributed by atoms with Crippen molar-refractivity contribution in [1.82, 2.24) is 0 Å². The number of nitrogens with zero attached hydrogens (tertiary/aromatic N) is 1. The van der Waals surface area contributed by atoms with Crippen LogP contribution in [-0.4, -0.2) is 14.2 Å². The lowest BCUT2D eigenvalue weighted by molar-refractivity contribution is 0.597. The average Bonchev–Trinajstić information content (AvgIpc) is 2.29. The number of nitrogens with two attached hydrogens (primary N) is 1. The summed E-state index contributed by atoms with van der Waals surface area (Å²) in [7, 11) is -3.21. The van der Waals surface area contributed by atoms with Crippen molar-refractivity contribution in [1.29, 1.82) is 5.26 Å². The van der Waals surface area contributed by atoms with Crippen LogP contribution in [0.4, 0.5) is 0 Å². The second-order valence-corrected chi connectivity index (χ2v) is 5.72. The summed E-state index contributed by atoms with van der Waals surface area (Å²) in [6.07, 6.45) is 0.176. The number of sulfone groups is 1. The van der Waals surface area contributed by atoms with Crippen LogP contribution in [0.1, 0.15) is 24.9 Å². The molecule has 6 heteroatoms. The predicted octanol–water partition coefficient (Wildman–Crippen LogP) is 1.82. The molecule has 0 aromatic heterocycles. The van der Waals surface area contributed by atoms with Gasteiger partial charge in [0.2, 0.25) is 0 Å². The largest absolute Gasteiger partial charge is 0.323 e. The Kier molecular flexibility index (Phi) is 6.18. The highest BCUT2D eigenvalue weighted by atomic mass is 35.5. The molecule has 4 nitrogen and oxygen atoms in total. The Labute approximate surface area is 108 Å². The SMILES string of the molecule is CCS(=O)(=O)c1cccc([C@@H](N)CC#N)c1.Cl. The molecule has 1 rings (SSSR count). The molecule has 1 atom stereocenters. The smallest absolute Gasteiger partial charge is 0.178 e. The molecule has 0 fully saturated rings. The minimum absolute atomic E-state index is 0. The molecule has 0 aliphatic heterocycles. The normalized spacial score (nSPS) is 12.3. The third-order valence-corrected chi connectivity index (χ3v) is 4.07. The van der Waals surface area contributed by atoms with Crippen molar-refractivity contribution < 1.29 is 8.42 Å². The lowest BCUT2D eigenvalue weighted by Crippen LogP contribution is -2.11. The van der Waals surface area contributed by atoms with Gasteiger partial charge in [-0.2, -0.15) is 5.26 Å². The summed E-state index contributed by atoms with van der Waals surface area (Å²) in [6, 6.07) is 8.00. The van der Waals surface area contributed by atoms with Gasteiger partial charge in [0, 0.05) is 6.04 Å². The number of benzene rings is 1. The molecule has 2 N–H and O–H groups in total. The maximum atomic E-state index is 11.6. The zero-order chi connectivity index (χ0) is 12.2. The Morgan fingerprint density at radius 3 is 2.65 bits per heavy atom. The van der Waals surface area contributed by atoms with Gasteiger partial charge in [-0.15, -0.1) is 12.4 Å². The molecule has 1 aromatic carbocycles. The highest BCUT2D eigenvalue weighted by Gasteiger charge is 2.13. The summed E-state index contributed by atoms with van der Waals surface area (Å²) in [6.45, 7) is 1.59. The molecule has 0 radical (unpaired) electrons. The zero-order valence-corrected chi connectivity index (χ0v) is 11.1. The first-order valence-corrected chi connectivity index (χ1v) is 6.61. The molecule has 0 amide bonds. The van der Waals surface area contributed by atoms with Gasteiger partial charge in [0.1, 0.15) is 0 Å². The van der Waals surface area contributed by atoms with Gasteiger partial charge in [-0.3, -0.25) is 0 Å². The molecular weight excluding hydrogens is 260 g/mol. The maximum absolute atomic E-state index is 11.6. The average molecular weight is 275 g/mol. The Bertz CT molecular complexity index is 508. The van der Waals surface area contributed by atoms with Crippen LogP contribution in [0.2, 0.25) is 0 Å². The van der Waals surface area contributed by atoms with Crippen LogP contribution in [-0.2, 0) is 9.84 Å². The standard InChI is InChI=1S/C11H14N2O2S.ClH/c1-2-16(14,15)10-5-3-4-9(8-10)11(13)6-7-12;/h3-5,8,11H,2,6,13H2,1H3;1H/t11-;/m0./s1. The Hall–Kier alpha value is -1.09. The zero-order valence-electron chi connectivity index (χ0n) is 9.46. The highest BCUT2D eigenvalue weighted by Crippen LogP contribution is 2.18. The van der Waals surface area contributed by atoms with E-state index in [1.807, 2.05) is 6.07 Å². The summed E-state index contributed by atoms with van der Waals surface area (Å²) >= 11 is 0. The van der Waals surface area contributed by atoms with Crippen molar-refractivity contribution >= 4 is 22.2 Å². The van der Waals surface area contributed by atoms with Crippen molar-refractivity contribution in [3.8, 4) is 6.07 Å². The summed E-state index contributed by atoms with van der Waals surface area (Å²) in [5, 5.41) is 8.53. The van der Waals surface area contributed by atoms with E-state index in [0.29, 0.717) is 5.56 Å². The minimum Gasteiger partial charge on any atom is -0.323 e. The highest BCUT2D eigenvalue weighted by molar-refractivity contribution is 7.91. The predicted molar refractivity (Wildman–Crippen MR) is 68.6 cm³/mol. The number of nitriles is 1. The lowest BCUT2D eigenvalue weighted by Gasteiger charge is -2.09. The van der Waals surface area contributed by atoms with E-state index in [4.69, 9.17) is 11.0 Å². The van der Waals surface area contributed by atoms with Crippen LogP contribution in [0.3, 0.4) is 0 Å². The second-order valence-electron chi connectivity index (χ2n) is 3.44. The lowest BCUT2D eigenvalue weighted by atomic mass is 10.1. The molecule has 0 heterocycles. The van der Waals surface area contributed by atoms with Crippen molar-refractivity contribution in [3.05, 3.63) is 29.8 Å². The molecule has 0 saturated heterocycles. The van der Waals surface area contributed by atoms with E-state index in [1.54, 1.807) is 31.2 Å². The van der Waals surface area contributed by atoms with Gasteiger partial charge in [-0.05, 0) is 17.7 Å². The quantitative estimate of drug-likeness (QED) is 0.908. The van der Waals surface area contributed by atoms with Gasteiger partial charge < -0.3 is 5.73 Å². The molecule has 17 heavy (non-hydrogen) atoms. The van der Waals surface area contributed by atoms with Crippen LogP contribution in [0.15, 0.2) is 29.2 Å². The molecule has 0 saturated carbocycles. The summed E-state index contributed by atoms with van der Waals surface area (Å²) in [5.41, 5.74) is 6.42. The van der Waals surface area contributed by atoms with E-state index in [0.717, 1.165) is 0 Å². The maximum Gasteiger partial charge on any atom is 0.178 e. The van der Waals surface area contributed by atoms with Crippen molar-refractivity contribution in [2.45, 2.75) is 24.3 Å². The number of halogens is 1. The number of hydrogen-bond donors (Lipinski definition) is 1. The topological polar surface area (TPSA) is 83.9 Å². The van der Waals surface area contributed by atoms with Crippen LogP contribution >= 0.6 is 12.4 Å². The van der Waals surface area contributed by atoms with Crippen LogP contribution < -0.4 is 5.73 Å². The fraction of sp³-hybridized carbons (Fsp3) is 0.364. The first kappa shape index (κ1) is 15.9. The van der Waals surface area contributed by atoms with Gasteiger partial charge in [-0.25, -0.2) is 8.42 Å². The Balaban J connectivity index is 0.00000256.